The Morgan fingerprint density at radius 3 is 0.400 bits per heavy atom. The third-order valence-electron chi connectivity index (χ3n) is 0. The molecular formula is H4S4Sn. The van der Waals surface area contributed by atoms with Crippen LogP contribution in [0, 0.1) is 0 Å². The van der Waals surface area contributed by atoms with Gasteiger partial charge in [-0.25, -0.2) is 0 Å². The Morgan fingerprint density at radius 1 is 0.400 bits per heavy atom. The van der Waals surface area contributed by atoms with Crippen molar-refractivity contribution >= 4 is 77.9 Å². The minimum absolute atomic E-state index is 0. The second-order valence-electron chi connectivity index (χ2n) is 0. The summed E-state index contributed by atoms with van der Waals surface area (Å²) in [5.41, 5.74) is 0. The summed E-state index contributed by atoms with van der Waals surface area (Å²) in [6.45, 7) is 0. The van der Waals surface area contributed by atoms with Gasteiger partial charge in [-0.1, -0.05) is 0 Å². The molecule has 0 nitrogen and oxygen atoms in total. The van der Waals surface area contributed by atoms with E-state index in [-0.39, 0.29) is 77.9 Å². The van der Waals surface area contributed by atoms with Crippen LogP contribution in [0.3, 0.4) is 0 Å². The summed E-state index contributed by atoms with van der Waals surface area (Å²) in [5.74, 6) is 0. The van der Waals surface area contributed by atoms with Crippen LogP contribution in [-0.4, -0.2) is 23.9 Å². The van der Waals surface area contributed by atoms with Crippen LogP contribution in [0.5, 0.6) is 0 Å². The number of thiol groups is 4. The van der Waals surface area contributed by atoms with E-state index in [0.29, 0.717) is 0 Å². The zero-order valence-electron chi connectivity index (χ0n) is 2.29. The molecule has 0 fully saturated rings. The molecule has 0 amide bonds. The monoisotopic (exact) mass is 252 g/mol. The molecule has 0 atom stereocenters. The molecule has 0 aromatic carbocycles. The first-order valence-electron chi connectivity index (χ1n) is 0. The molecule has 0 spiro atoms. The van der Waals surface area contributed by atoms with Crippen molar-refractivity contribution in [3.05, 3.63) is 0 Å². The van der Waals surface area contributed by atoms with E-state index >= 15 is 0 Å². The van der Waals surface area contributed by atoms with Crippen molar-refractivity contribution in [3.8, 4) is 0 Å². The van der Waals surface area contributed by atoms with Gasteiger partial charge in [-0.15, -0.1) is 0 Å². The van der Waals surface area contributed by atoms with Crippen molar-refractivity contribution in [2.45, 2.75) is 0 Å². The topological polar surface area (TPSA) is 0 Å². The van der Waals surface area contributed by atoms with Crippen molar-refractivity contribution in [1.82, 2.24) is 0 Å². The Bertz CT molecular complexity index is 3.61. The van der Waals surface area contributed by atoms with Gasteiger partial charge in [0.15, 0.2) is 0 Å². The van der Waals surface area contributed by atoms with Crippen LogP contribution < -0.4 is 0 Å². The largest absolute Gasteiger partial charge is 4.00 e. The predicted octanol–water partition coefficient (Wildman–Crippen LogP) is -1.46. The second kappa shape index (κ2) is 34.7. The van der Waals surface area contributed by atoms with Crippen LogP contribution in [0.4, 0.5) is 0 Å². The zero-order valence-corrected chi connectivity index (χ0v) is 8.72. The molecular weight excluding hydrogens is 247 g/mol. The number of rotatable bonds is 0. The Morgan fingerprint density at radius 2 is 0.400 bits per heavy atom. The fraction of sp³-hybridized carbons (Fsp3) is 0. The summed E-state index contributed by atoms with van der Waals surface area (Å²) in [6, 6.07) is 0. The minimum Gasteiger partial charge on any atom is -0.813 e. The summed E-state index contributed by atoms with van der Waals surface area (Å²) in [5, 5.41) is 0. The standard InChI is InChI=1S/4H2S.Sn/h4*1H2;/q;;;;+4/p-4. The first kappa shape index (κ1) is 57.2. The maximum Gasteiger partial charge on any atom is 4.00 e. The molecule has 0 aliphatic carbocycles. The third kappa shape index (κ3) is 22.6. The normalized spacial score (nSPS) is 0. The molecule has 0 aliphatic rings. The zero-order chi connectivity index (χ0) is 0. The van der Waals surface area contributed by atoms with Crippen molar-refractivity contribution in [1.29, 1.82) is 0 Å². The van der Waals surface area contributed by atoms with Gasteiger partial charge >= 0.3 is 23.9 Å². The average molecular weight is 251 g/mol. The van der Waals surface area contributed by atoms with Crippen LogP contribution in [-0.2, 0) is 54.0 Å². The summed E-state index contributed by atoms with van der Waals surface area (Å²) in [7, 11) is 0. The van der Waals surface area contributed by atoms with E-state index in [1.807, 2.05) is 0 Å². The molecule has 0 bridgehead atoms. The molecule has 0 saturated carbocycles. The minimum atomic E-state index is 0. The smallest absolute Gasteiger partial charge is 0.813 e. The van der Waals surface area contributed by atoms with Crippen LogP contribution >= 0.6 is 0 Å². The van der Waals surface area contributed by atoms with Crippen LogP contribution in [0.25, 0.3) is 0 Å². The molecule has 5 heavy (non-hydrogen) atoms. The van der Waals surface area contributed by atoms with Gasteiger partial charge in [0.2, 0.25) is 0 Å². The van der Waals surface area contributed by atoms with Crippen molar-refractivity contribution < 1.29 is 0 Å². The van der Waals surface area contributed by atoms with E-state index in [9.17, 15) is 0 Å². The summed E-state index contributed by atoms with van der Waals surface area (Å²) >= 11 is 0. The Labute approximate surface area is 77.2 Å². The molecule has 0 aromatic rings. The maximum absolute atomic E-state index is 0. The summed E-state index contributed by atoms with van der Waals surface area (Å²) in [6.07, 6.45) is 0. The molecule has 0 aliphatic heterocycles. The fourth-order valence-corrected chi connectivity index (χ4v) is 0. The molecule has 32 valence electrons. The Hall–Kier alpha value is 2.20. The van der Waals surface area contributed by atoms with Gasteiger partial charge in [-0.05, 0) is 0 Å². The van der Waals surface area contributed by atoms with E-state index < -0.39 is 0 Å². The first-order valence-corrected chi connectivity index (χ1v) is 0. The Balaban J connectivity index is 0. The third-order valence-corrected chi connectivity index (χ3v) is 0. The molecule has 5 heteroatoms. The van der Waals surface area contributed by atoms with Crippen LogP contribution in [0.1, 0.15) is 0 Å². The first-order chi connectivity index (χ1) is 0. The van der Waals surface area contributed by atoms with Gasteiger partial charge in [0.25, 0.3) is 0 Å². The second-order valence-corrected chi connectivity index (χ2v) is 0. The van der Waals surface area contributed by atoms with E-state index in [1.165, 1.54) is 0 Å². The predicted molar refractivity (Wildman–Crippen MR) is 40.8 cm³/mol. The summed E-state index contributed by atoms with van der Waals surface area (Å²) in [4.78, 5) is 0. The van der Waals surface area contributed by atoms with Crippen molar-refractivity contribution in [2.75, 3.05) is 0 Å². The van der Waals surface area contributed by atoms with Gasteiger partial charge in [0.05, 0.1) is 0 Å². The van der Waals surface area contributed by atoms with Crippen molar-refractivity contribution in [3.63, 3.8) is 0 Å². The van der Waals surface area contributed by atoms with E-state index in [4.69, 9.17) is 0 Å². The molecule has 0 unspecified atom stereocenters. The van der Waals surface area contributed by atoms with Crippen molar-refractivity contribution in [2.24, 2.45) is 0 Å². The van der Waals surface area contributed by atoms with Crippen LogP contribution in [0.15, 0.2) is 0 Å². The van der Waals surface area contributed by atoms with E-state index in [0.717, 1.165) is 0 Å². The average Bonchev–Trinajstić information content (AvgIpc) is 0. The maximum atomic E-state index is 0. The summed E-state index contributed by atoms with van der Waals surface area (Å²) < 4.78 is 0. The quantitative estimate of drug-likeness (QED) is 0.293. The fourth-order valence-electron chi connectivity index (χ4n) is 0. The molecule has 0 radical (unpaired) electrons. The van der Waals surface area contributed by atoms with Gasteiger partial charge in [0, 0.05) is 0 Å². The number of hydrogen-bond donors (Lipinski definition) is 0. The molecule has 0 saturated heterocycles. The van der Waals surface area contributed by atoms with E-state index in [2.05, 4.69) is 0 Å². The SMILES string of the molecule is [SH-].[SH-].[SH-].[SH-].[Sn+4]. The molecule has 0 heterocycles. The van der Waals surface area contributed by atoms with Gasteiger partial charge < -0.3 is 54.0 Å². The number of hydrogen-bond acceptors (Lipinski definition) is 4. The van der Waals surface area contributed by atoms with Gasteiger partial charge in [-0.2, -0.15) is 0 Å². The molecule has 0 N–H and O–H groups in total. The molecule has 0 rings (SSSR count). The van der Waals surface area contributed by atoms with Gasteiger partial charge in [0.1, 0.15) is 0 Å². The van der Waals surface area contributed by atoms with Gasteiger partial charge in [-0.3, -0.25) is 0 Å². The Kier molecular flexibility index (Phi) is 397. The molecule has 0 aromatic heterocycles. The van der Waals surface area contributed by atoms with E-state index in [1.54, 1.807) is 0 Å². The van der Waals surface area contributed by atoms with Crippen LogP contribution in [0.2, 0.25) is 0 Å².